The zero-order chi connectivity index (χ0) is 20.1. The van der Waals surface area contributed by atoms with Gasteiger partial charge in [-0.15, -0.1) is 22.7 Å². The third-order valence-corrected chi connectivity index (χ3v) is 6.49. The van der Waals surface area contributed by atoms with Gasteiger partial charge in [-0.3, -0.25) is 10.1 Å². The molecule has 10 heteroatoms. The first-order valence-electron chi connectivity index (χ1n) is 7.76. The number of hydrogen-bond donors (Lipinski definition) is 1. The molecule has 2 N–H and O–H groups in total. The van der Waals surface area contributed by atoms with E-state index in [1.165, 1.54) is 23.5 Å². The minimum atomic E-state index is -0.415. The molecule has 4 rings (SSSR count). The summed E-state index contributed by atoms with van der Waals surface area (Å²) in [6.07, 6.45) is 3.51. The first kappa shape index (κ1) is 20.6. The maximum Gasteiger partial charge on any atom is 0.269 e. The first-order valence-corrected chi connectivity index (χ1v) is 11.0. The van der Waals surface area contributed by atoms with Crippen LogP contribution in [0.15, 0.2) is 68.5 Å². The maximum absolute atomic E-state index is 10.4. The zero-order valence-corrected chi connectivity index (χ0v) is 18.9. The highest BCUT2D eigenvalue weighted by Gasteiger charge is 2.07. The van der Waals surface area contributed by atoms with Gasteiger partial charge in [0, 0.05) is 28.9 Å². The van der Waals surface area contributed by atoms with Crippen LogP contribution in [0.2, 0.25) is 0 Å². The van der Waals surface area contributed by atoms with Crippen molar-refractivity contribution in [3.63, 3.8) is 0 Å². The third kappa shape index (κ3) is 5.44. The second kappa shape index (κ2) is 9.37. The molecule has 2 aromatic carbocycles. The summed E-state index contributed by atoms with van der Waals surface area (Å²) in [6.45, 7) is 0. The monoisotopic (exact) mass is 538 g/mol. The van der Waals surface area contributed by atoms with Gasteiger partial charge in [0.2, 0.25) is 0 Å². The number of rotatable bonds is 3. The molecule has 6 nitrogen and oxygen atoms in total. The van der Waals surface area contributed by atoms with Gasteiger partial charge in [0.05, 0.1) is 24.9 Å². The van der Waals surface area contributed by atoms with E-state index >= 15 is 0 Å². The molecule has 0 bridgehead atoms. The van der Waals surface area contributed by atoms with Gasteiger partial charge in [0.1, 0.15) is 10.0 Å². The van der Waals surface area contributed by atoms with E-state index in [-0.39, 0.29) is 5.69 Å². The van der Waals surface area contributed by atoms with E-state index in [1.807, 2.05) is 24.3 Å². The summed E-state index contributed by atoms with van der Waals surface area (Å²) in [5.41, 5.74) is 8.44. The predicted octanol–water partition coefficient (Wildman–Crippen LogP) is 6.64. The number of aromatic nitrogens is 2. The average molecular weight is 540 g/mol. The molecule has 0 saturated carbocycles. The number of nitrogens with two attached hydrogens (primary N) is 1. The van der Waals surface area contributed by atoms with Crippen molar-refractivity contribution in [1.82, 2.24) is 9.97 Å². The summed E-state index contributed by atoms with van der Waals surface area (Å²) in [5.74, 6) is 0. The van der Waals surface area contributed by atoms with Crippen molar-refractivity contribution in [3.05, 3.63) is 78.6 Å². The molecule has 0 spiro atoms. The number of hydrogen-bond acceptors (Lipinski definition) is 7. The van der Waals surface area contributed by atoms with Crippen LogP contribution in [-0.4, -0.2) is 14.9 Å². The summed E-state index contributed by atoms with van der Waals surface area (Å²) in [4.78, 5) is 18.4. The van der Waals surface area contributed by atoms with Crippen molar-refractivity contribution in [3.8, 4) is 21.1 Å². The van der Waals surface area contributed by atoms with Gasteiger partial charge >= 0.3 is 0 Å². The molecule has 0 fully saturated rings. The third-order valence-electron chi connectivity index (χ3n) is 3.44. The largest absolute Gasteiger partial charge is 0.399 e. The lowest BCUT2D eigenvalue weighted by Gasteiger charge is -1.95. The fraction of sp³-hybridized carbons (Fsp3) is 0. The summed E-state index contributed by atoms with van der Waals surface area (Å²) in [5, 5.41) is 12.3. The molecular weight excluding hydrogens is 528 g/mol. The van der Waals surface area contributed by atoms with Crippen LogP contribution in [0.5, 0.6) is 0 Å². The van der Waals surface area contributed by atoms with E-state index < -0.39 is 4.92 Å². The molecule has 2 aromatic heterocycles. The molecule has 0 atom stereocenters. The van der Waals surface area contributed by atoms with Crippen molar-refractivity contribution in [2.75, 3.05) is 5.73 Å². The molecule has 0 aliphatic heterocycles. The fourth-order valence-electron chi connectivity index (χ4n) is 2.13. The van der Waals surface area contributed by atoms with Gasteiger partial charge < -0.3 is 5.73 Å². The lowest BCUT2D eigenvalue weighted by Crippen LogP contribution is -1.86. The van der Waals surface area contributed by atoms with Crippen molar-refractivity contribution >= 4 is 65.9 Å². The highest BCUT2D eigenvalue weighted by Crippen LogP contribution is 2.30. The number of anilines is 1. The standard InChI is InChI=1S/C9H5BrN2O2S.C9H7BrN2S/c10-8-5-11-9(15-8)6-1-3-7(4-2-6)12(13)14;10-8-5-12-9(13-8)6-1-3-7(11)4-2-6/h1-5H;1-5H,11H2. The molecule has 0 saturated heterocycles. The number of benzene rings is 2. The Kier molecular flexibility index (Phi) is 6.89. The summed E-state index contributed by atoms with van der Waals surface area (Å²) in [7, 11) is 0. The lowest BCUT2D eigenvalue weighted by molar-refractivity contribution is -0.384. The Morgan fingerprint density at radius 1 is 0.821 bits per heavy atom. The Bertz CT molecular complexity index is 1080. The molecule has 2 heterocycles. The van der Waals surface area contributed by atoms with E-state index in [0.717, 1.165) is 34.4 Å². The molecule has 4 aromatic rings. The zero-order valence-electron chi connectivity index (χ0n) is 14.1. The molecular formula is C18H12Br2N4O2S2. The van der Waals surface area contributed by atoms with E-state index in [1.54, 1.807) is 35.9 Å². The average Bonchev–Trinajstić information content (AvgIpc) is 3.31. The number of nitro groups is 1. The Morgan fingerprint density at radius 3 is 1.61 bits per heavy atom. The van der Waals surface area contributed by atoms with Crippen LogP contribution < -0.4 is 5.73 Å². The predicted molar refractivity (Wildman–Crippen MR) is 122 cm³/mol. The van der Waals surface area contributed by atoms with E-state index in [0.29, 0.717) is 0 Å². The van der Waals surface area contributed by atoms with Crippen LogP contribution in [-0.2, 0) is 0 Å². The highest BCUT2D eigenvalue weighted by atomic mass is 79.9. The van der Waals surface area contributed by atoms with Crippen molar-refractivity contribution in [1.29, 1.82) is 0 Å². The van der Waals surface area contributed by atoms with Gasteiger partial charge in [-0.2, -0.15) is 0 Å². The van der Waals surface area contributed by atoms with Crippen LogP contribution in [0.25, 0.3) is 21.1 Å². The van der Waals surface area contributed by atoms with E-state index in [9.17, 15) is 10.1 Å². The minimum Gasteiger partial charge on any atom is -0.399 e. The normalized spacial score (nSPS) is 10.2. The van der Waals surface area contributed by atoms with Crippen LogP contribution >= 0.6 is 54.5 Å². The quantitative estimate of drug-likeness (QED) is 0.179. The molecule has 0 amide bonds. The molecule has 0 radical (unpaired) electrons. The second-order valence-corrected chi connectivity index (χ2v) is 10.2. The Morgan fingerprint density at radius 2 is 1.25 bits per heavy atom. The van der Waals surface area contributed by atoms with E-state index in [4.69, 9.17) is 5.73 Å². The minimum absolute atomic E-state index is 0.0920. The Labute approximate surface area is 185 Å². The summed E-state index contributed by atoms with van der Waals surface area (Å²) < 4.78 is 1.98. The number of halogens is 2. The number of nitrogen functional groups attached to an aromatic ring is 1. The summed E-state index contributed by atoms with van der Waals surface area (Å²) in [6, 6.07) is 14.1. The SMILES string of the molecule is Nc1ccc(-c2ncc(Br)s2)cc1.O=[N+]([O-])c1ccc(-c2ncc(Br)s2)cc1. The van der Waals surface area contributed by atoms with Gasteiger partial charge in [0.25, 0.3) is 5.69 Å². The van der Waals surface area contributed by atoms with Gasteiger partial charge in [-0.25, -0.2) is 9.97 Å². The summed E-state index contributed by atoms with van der Waals surface area (Å²) >= 11 is 9.79. The van der Waals surface area contributed by atoms with Crippen LogP contribution in [0.4, 0.5) is 11.4 Å². The van der Waals surface area contributed by atoms with Crippen LogP contribution in [0.1, 0.15) is 0 Å². The van der Waals surface area contributed by atoms with Crippen molar-refractivity contribution in [2.24, 2.45) is 0 Å². The molecule has 0 unspecified atom stereocenters. The maximum atomic E-state index is 10.4. The lowest BCUT2D eigenvalue weighted by atomic mass is 10.2. The smallest absolute Gasteiger partial charge is 0.269 e. The fourth-order valence-corrected chi connectivity index (χ4v) is 4.55. The number of nitrogens with zero attached hydrogens (tertiary/aromatic N) is 3. The number of non-ortho nitro benzene ring substituents is 1. The van der Waals surface area contributed by atoms with Crippen LogP contribution in [0.3, 0.4) is 0 Å². The Balaban J connectivity index is 0.000000162. The van der Waals surface area contributed by atoms with Crippen molar-refractivity contribution < 1.29 is 4.92 Å². The molecule has 142 valence electrons. The van der Waals surface area contributed by atoms with Crippen LogP contribution in [0, 0.1) is 10.1 Å². The highest BCUT2D eigenvalue weighted by molar-refractivity contribution is 9.11. The first-order chi connectivity index (χ1) is 13.4. The molecule has 28 heavy (non-hydrogen) atoms. The molecule has 0 aliphatic carbocycles. The number of nitro benzene ring substituents is 1. The van der Waals surface area contributed by atoms with Gasteiger partial charge in [-0.1, -0.05) is 0 Å². The van der Waals surface area contributed by atoms with Gasteiger partial charge in [-0.05, 0) is 68.3 Å². The molecule has 0 aliphatic rings. The number of thiazole rings is 2. The van der Waals surface area contributed by atoms with Gasteiger partial charge in [0.15, 0.2) is 0 Å². The second-order valence-electron chi connectivity index (χ2n) is 5.37. The van der Waals surface area contributed by atoms with Crippen molar-refractivity contribution in [2.45, 2.75) is 0 Å². The topological polar surface area (TPSA) is 94.9 Å². The Hall–Kier alpha value is -2.14. The van der Waals surface area contributed by atoms with E-state index in [2.05, 4.69) is 41.8 Å².